The van der Waals surface area contributed by atoms with Gasteiger partial charge in [-0.15, -0.1) is 0 Å². The fraction of sp³-hybridized carbons (Fsp3) is 0.458. The molecule has 2 aromatic rings. The molecule has 1 amide bonds. The number of benzene rings is 2. The monoisotopic (exact) mass is 379 g/mol. The van der Waals surface area contributed by atoms with Gasteiger partial charge in [0, 0.05) is 31.9 Å². The summed E-state index contributed by atoms with van der Waals surface area (Å²) in [6, 6.07) is 18.8. The van der Waals surface area contributed by atoms with Crippen molar-refractivity contribution in [2.45, 2.75) is 45.7 Å². The summed E-state index contributed by atoms with van der Waals surface area (Å²) < 4.78 is 0. The molecule has 1 heterocycles. The normalized spacial score (nSPS) is 17.2. The number of hydrogen-bond donors (Lipinski definition) is 1. The maximum atomic E-state index is 12.9. The SMILES string of the molecule is CCC[C@@H](NC(=O)[C@@H](C)N1CCN(c2ccccc2C)CC1)c1ccccc1. The summed E-state index contributed by atoms with van der Waals surface area (Å²) >= 11 is 0. The molecule has 1 fully saturated rings. The highest BCUT2D eigenvalue weighted by Crippen LogP contribution is 2.22. The average Bonchev–Trinajstić information content (AvgIpc) is 2.74. The van der Waals surface area contributed by atoms with Gasteiger partial charge in [0.25, 0.3) is 0 Å². The molecule has 2 aromatic carbocycles. The van der Waals surface area contributed by atoms with Crippen molar-refractivity contribution in [3.05, 3.63) is 65.7 Å². The molecule has 3 rings (SSSR count). The molecule has 0 bridgehead atoms. The van der Waals surface area contributed by atoms with Crippen LogP contribution in [0, 0.1) is 6.92 Å². The number of piperazine rings is 1. The lowest BCUT2D eigenvalue weighted by molar-refractivity contribution is -0.126. The minimum Gasteiger partial charge on any atom is -0.369 e. The van der Waals surface area contributed by atoms with Crippen molar-refractivity contribution < 1.29 is 4.79 Å². The summed E-state index contributed by atoms with van der Waals surface area (Å²) in [4.78, 5) is 17.7. The van der Waals surface area contributed by atoms with E-state index in [1.54, 1.807) is 0 Å². The summed E-state index contributed by atoms with van der Waals surface area (Å²) in [6.07, 6.45) is 2.01. The number of aryl methyl sites for hydroxylation is 1. The molecule has 2 atom stereocenters. The van der Waals surface area contributed by atoms with Gasteiger partial charge >= 0.3 is 0 Å². The third-order valence-corrected chi connectivity index (χ3v) is 5.79. The van der Waals surface area contributed by atoms with Crippen molar-refractivity contribution >= 4 is 11.6 Å². The van der Waals surface area contributed by atoms with Crippen molar-refractivity contribution in [3.8, 4) is 0 Å². The van der Waals surface area contributed by atoms with E-state index in [4.69, 9.17) is 0 Å². The molecule has 0 aliphatic carbocycles. The Morgan fingerprint density at radius 2 is 1.64 bits per heavy atom. The van der Waals surface area contributed by atoms with Crippen molar-refractivity contribution in [2.75, 3.05) is 31.1 Å². The first-order valence-electron chi connectivity index (χ1n) is 10.5. The minimum absolute atomic E-state index is 0.0920. The van der Waals surface area contributed by atoms with Crippen LogP contribution in [0.1, 0.15) is 43.9 Å². The van der Waals surface area contributed by atoms with Crippen LogP contribution in [0.5, 0.6) is 0 Å². The maximum absolute atomic E-state index is 12.9. The first kappa shape index (κ1) is 20.4. The van der Waals surface area contributed by atoms with Gasteiger partial charge in [-0.2, -0.15) is 0 Å². The molecule has 1 saturated heterocycles. The van der Waals surface area contributed by atoms with Crippen LogP contribution in [-0.2, 0) is 4.79 Å². The first-order valence-corrected chi connectivity index (χ1v) is 10.5. The second-order valence-electron chi connectivity index (χ2n) is 7.75. The van der Waals surface area contributed by atoms with Gasteiger partial charge in [-0.1, -0.05) is 61.9 Å². The number of hydrogen-bond acceptors (Lipinski definition) is 3. The van der Waals surface area contributed by atoms with E-state index in [1.807, 2.05) is 25.1 Å². The van der Waals surface area contributed by atoms with E-state index < -0.39 is 0 Å². The molecule has 4 heteroatoms. The molecule has 0 spiro atoms. The summed E-state index contributed by atoms with van der Waals surface area (Å²) in [5, 5.41) is 3.29. The number of nitrogens with one attached hydrogen (secondary N) is 1. The Morgan fingerprint density at radius 1 is 1.00 bits per heavy atom. The molecule has 150 valence electrons. The van der Waals surface area contributed by atoms with Crippen LogP contribution in [0.15, 0.2) is 54.6 Å². The van der Waals surface area contributed by atoms with Crippen LogP contribution in [-0.4, -0.2) is 43.0 Å². The minimum atomic E-state index is -0.109. The molecule has 4 nitrogen and oxygen atoms in total. The number of para-hydroxylation sites is 1. The zero-order chi connectivity index (χ0) is 19.9. The van der Waals surface area contributed by atoms with E-state index in [9.17, 15) is 4.79 Å². The Kier molecular flexibility index (Phi) is 7.10. The quantitative estimate of drug-likeness (QED) is 0.784. The second-order valence-corrected chi connectivity index (χ2v) is 7.75. The largest absolute Gasteiger partial charge is 0.369 e. The zero-order valence-electron chi connectivity index (χ0n) is 17.4. The van der Waals surface area contributed by atoms with E-state index in [0.29, 0.717) is 0 Å². The zero-order valence-corrected chi connectivity index (χ0v) is 17.4. The number of carbonyl (C=O) groups excluding carboxylic acids is 1. The van der Waals surface area contributed by atoms with Crippen LogP contribution in [0.2, 0.25) is 0 Å². The van der Waals surface area contributed by atoms with Crippen molar-refractivity contribution in [1.82, 2.24) is 10.2 Å². The Morgan fingerprint density at radius 3 is 2.29 bits per heavy atom. The number of anilines is 1. The predicted molar refractivity (Wildman–Crippen MR) is 117 cm³/mol. The fourth-order valence-corrected chi connectivity index (χ4v) is 4.02. The van der Waals surface area contributed by atoms with Crippen LogP contribution < -0.4 is 10.2 Å². The third kappa shape index (κ3) is 4.93. The van der Waals surface area contributed by atoms with Gasteiger partial charge < -0.3 is 10.2 Å². The summed E-state index contributed by atoms with van der Waals surface area (Å²) in [5.41, 5.74) is 3.81. The molecule has 28 heavy (non-hydrogen) atoms. The molecule has 1 aliphatic rings. The highest BCUT2D eigenvalue weighted by Gasteiger charge is 2.27. The molecule has 1 aliphatic heterocycles. The molecule has 0 unspecified atom stereocenters. The summed E-state index contributed by atoms with van der Waals surface area (Å²) in [7, 11) is 0. The molecular weight excluding hydrogens is 346 g/mol. The van der Waals surface area contributed by atoms with Crippen LogP contribution >= 0.6 is 0 Å². The summed E-state index contributed by atoms with van der Waals surface area (Å²) in [5.74, 6) is 0.131. The highest BCUT2D eigenvalue weighted by molar-refractivity contribution is 5.81. The van der Waals surface area contributed by atoms with Gasteiger partial charge in [-0.05, 0) is 37.5 Å². The van der Waals surface area contributed by atoms with Gasteiger partial charge in [0.1, 0.15) is 0 Å². The Labute approximate surface area is 169 Å². The lowest BCUT2D eigenvalue weighted by atomic mass is 10.0. The van der Waals surface area contributed by atoms with Crippen molar-refractivity contribution in [1.29, 1.82) is 0 Å². The highest BCUT2D eigenvalue weighted by atomic mass is 16.2. The molecule has 1 N–H and O–H groups in total. The standard InChI is InChI=1S/C24H33N3O/c1-4-10-22(21-12-6-5-7-13-21)25-24(28)20(3)26-15-17-27(18-16-26)23-14-9-8-11-19(23)2/h5-9,11-14,20,22H,4,10,15-18H2,1-3H3,(H,25,28)/t20-,22-/m1/s1. The number of nitrogens with zero attached hydrogens (tertiary/aromatic N) is 2. The smallest absolute Gasteiger partial charge is 0.237 e. The Hall–Kier alpha value is -2.33. The number of carbonyl (C=O) groups is 1. The Balaban J connectivity index is 1.57. The molecule has 0 radical (unpaired) electrons. The summed E-state index contributed by atoms with van der Waals surface area (Å²) in [6.45, 7) is 10.1. The Bertz CT molecular complexity index is 753. The first-order chi connectivity index (χ1) is 13.6. The fourth-order valence-electron chi connectivity index (χ4n) is 4.02. The van der Waals surface area contributed by atoms with Crippen molar-refractivity contribution in [2.24, 2.45) is 0 Å². The van der Waals surface area contributed by atoms with E-state index in [-0.39, 0.29) is 18.0 Å². The van der Waals surface area contributed by atoms with Crippen LogP contribution in [0.3, 0.4) is 0 Å². The van der Waals surface area contributed by atoms with Crippen molar-refractivity contribution in [3.63, 3.8) is 0 Å². The predicted octanol–water partition coefficient (Wildman–Crippen LogP) is 4.16. The maximum Gasteiger partial charge on any atom is 0.237 e. The van der Waals surface area contributed by atoms with E-state index in [2.05, 4.69) is 65.4 Å². The van der Waals surface area contributed by atoms with E-state index >= 15 is 0 Å². The van der Waals surface area contributed by atoms with Gasteiger partial charge in [0.2, 0.25) is 5.91 Å². The third-order valence-electron chi connectivity index (χ3n) is 5.79. The molecule has 0 saturated carbocycles. The van der Waals surface area contributed by atoms with Crippen LogP contribution in [0.25, 0.3) is 0 Å². The number of rotatable bonds is 7. The van der Waals surface area contributed by atoms with E-state index in [0.717, 1.165) is 39.0 Å². The van der Waals surface area contributed by atoms with Crippen LogP contribution in [0.4, 0.5) is 5.69 Å². The molecular formula is C24H33N3O. The number of amides is 1. The van der Waals surface area contributed by atoms with Gasteiger partial charge in [0.15, 0.2) is 0 Å². The second kappa shape index (κ2) is 9.74. The molecule has 0 aromatic heterocycles. The van der Waals surface area contributed by atoms with Gasteiger partial charge in [0.05, 0.1) is 12.1 Å². The van der Waals surface area contributed by atoms with E-state index in [1.165, 1.54) is 16.8 Å². The average molecular weight is 380 g/mol. The lowest BCUT2D eigenvalue weighted by Gasteiger charge is -2.39. The van der Waals surface area contributed by atoms with Gasteiger partial charge in [-0.25, -0.2) is 0 Å². The van der Waals surface area contributed by atoms with Gasteiger partial charge in [-0.3, -0.25) is 9.69 Å². The topological polar surface area (TPSA) is 35.6 Å². The lowest BCUT2D eigenvalue weighted by Crippen LogP contribution is -2.54.